The van der Waals surface area contributed by atoms with Crippen LogP contribution in [0.15, 0.2) is 24.3 Å². The zero-order valence-electron chi connectivity index (χ0n) is 11.1. The predicted octanol–water partition coefficient (Wildman–Crippen LogP) is 2.66. The highest BCUT2D eigenvalue weighted by atomic mass is 35.5. The van der Waals surface area contributed by atoms with Crippen molar-refractivity contribution >= 4 is 17.5 Å². The molecule has 100 valence electrons. The van der Waals surface area contributed by atoms with Gasteiger partial charge in [-0.1, -0.05) is 17.7 Å². The highest BCUT2D eigenvalue weighted by Crippen LogP contribution is 2.25. The van der Waals surface area contributed by atoms with Crippen LogP contribution in [0.4, 0.5) is 0 Å². The summed E-state index contributed by atoms with van der Waals surface area (Å²) in [4.78, 5) is 11.7. The van der Waals surface area contributed by atoms with Crippen LogP contribution in [-0.2, 0) is 0 Å². The quantitative estimate of drug-likeness (QED) is 0.504. The lowest BCUT2D eigenvalue weighted by Gasteiger charge is -2.13. The van der Waals surface area contributed by atoms with Crippen molar-refractivity contribution in [2.45, 2.75) is 20.8 Å². The summed E-state index contributed by atoms with van der Waals surface area (Å²) in [5.74, 6) is 4.90. The normalized spacial score (nSPS) is 10.6. The molecular weight excluding hydrogens is 262 g/mol. The molecule has 0 bridgehead atoms. The van der Waals surface area contributed by atoms with Gasteiger partial charge < -0.3 is 4.57 Å². The minimum absolute atomic E-state index is 0.293. The number of nitrogens with one attached hydrogen (secondary N) is 1. The van der Waals surface area contributed by atoms with Crippen LogP contribution in [0.25, 0.3) is 5.69 Å². The molecule has 0 fully saturated rings. The number of carbonyl (C=O) groups excluding carboxylic acids is 1. The number of benzene rings is 1. The third-order valence-corrected chi connectivity index (χ3v) is 3.45. The molecule has 0 saturated carbocycles. The van der Waals surface area contributed by atoms with Crippen LogP contribution in [-0.4, -0.2) is 10.5 Å². The molecule has 2 rings (SSSR count). The Bertz CT molecular complexity index is 646. The van der Waals surface area contributed by atoms with Crippen LogP contribution >= 0.6 is 11.6 Å². The molecular formula is C14H16ClN3O. The summed E-state index contributed by atoms with van der Waals surface area (Å²) in [6, 6.07) is 7.51. The fraction of sp³-hybridized carbons (Fsp3) is 0.214. The number of halogens is 1. The molecule has 1 aromatic carbocycles. The monoisotopic (exact) mass is 277 g/mol. The van der Waals surface area contributed by atoms with E-state index in [4.69, 9.17) is 17.4 Å². The van der Waals surface area contributed by atoms with Crippen LogP contribution in [0, 0.1) is 20.8 Å². The second-order valence-corrected chi connectivity index (χ2v) is 4.96. The van der Waals surface area contributed by atoms with Gasteiger partial charge in [0.15, 0.2) is 0 Å². The molecule has 0 atom stereocenters. The summed E-state index contributed by atoms with van der Waals surface area (Å²) in [7, 11) is 0. The van der Waals surface area contributed by atoms with Gasteiger partial charge >= 0.3 is 0 Å². The van der Waals surface area contributed by atoms with E-state index in [9.17, 15) is 4.79 Å². The number of aromatic nitrogens is 1. The Morgan fingerprint density at radius 2 is 1.95 bits per heavy atom. The highest BCUT2D eigenvalue weighted by Gasteiger charge is 2.16. The fourth-order valence-corrected chi connectivity index (χ4v) is 2.43. The van der Waals surface area contributed by atoms with Gasteiger partial charge in [0.2, 0.25) is 0 Å². The molecule has 2 aromatic rings. The van der Waals surface area contributed by atoms with Gasteiger partial charge in [-0.3, -0.25) is 10.2 Å². The van der Waals surface area contributed by atoms with Crippen molar-refractivity contribution in [2.24, 2.45) is 5.84 Å². The number of carbonyl (C=O) groups is 1. The SMILES string of the molecule is Cc1ccc(Cl)cc1-n1c(C)cc(C(=O)NN)c1C. The smallest absolute Gasteiger partial charge is 0.267 e. The third-order valence-electron chi connectivity index (χ3n) is 3.22. The number of nitrogens with two attached hydrogens (primary N) is 1. The zero-order valence-corrected chi connectivity index (χ0v) is 11.9. The highest BCUT2D eigenvalue weighted by molar-refractivity contribution is 6.30. The lowest BCUT2D eigenvalue weighted by molar-refractivity contribution is 0.0953. The van der Waals surface area contributed by atoms with E-state index in [-0.39, 0.29) is 5.91 Å². The second-order valence-electron chi connectivity index (χ2n) is 4.52. The first-order valence-corrected chi connectivity index (χ1v) is 6.30. The first-order valence-electron chi connectivity index (χ1n) is 5.92. The number of amides is 1. The van der Waals surface area contributed by atoms with Gasteiger partial charge in [-0.2, -0.15) is 0 Å². The van der Waals surface area contributed by atoms with E-state index in [1.54, 1.807) is 0 Å². The maximum absolute atomic E-state index is 11.7. The van der Waals surface area contributed by atoms with Crippen LogP contribution in [0.5, 0.6) is 0 Å². The number of hydrazine groups is 1. The second kappa shape index (κ2) is 5.07. The van der Waals surface area contributed by atoms with E-state index in [2.05, 4.69) is 5.43 Å². The summed E-state index contributed by atoms with van der Waals surface area (Å²) < 4.78 is 2.01. The standard InChI is InChI=1S/C14H16ClN3O/c1-8-4-5-11(15)7-13(8)18-9(2)6-12(10(18)3)14(19)17-16/h4-7H,16H2,1-3H3,(H,17,19). The van der Waals surface area contributed by atoms with Crippen molar-refractivity contribution in [2.75, 3.05) is 0 Å². The molecule has 1 aromatic heterocycles. The molecule has 0 saturated heterocycles. The Labute approximate surface area is 117 Å². The topological polar surface area (TPSA) is 60.0 Å². The summed E-state index contributed by atoms with van der Waals surface area (Å²) in [6.07, 6.45) is 0. The Kier molecular flexibility index (Phi) is 3.64. The molecule has 1 heterocycles. The molecule has 0 spiro atoms. The van der Waals surface area contributed by atoms with E-state index in [0.29, 0.717) is 10.6 Å². The molecule has 0 radical (unpaired) electrons. The molecule has 5 heteroatoms. The first-order chi connectivity index (χ1) is 8.95. The molecule has 0 aliphatic heterocycles. The van der Waals surface area contributed by atoms with Gasteiger partial charge in [-0.15, -0.1) is 0 Å². The van der Waals surface area contributed by atoms with E-state index in [1.807, 2.05) is 49.6 Å². The van der Waals surface area contributed by atoms with Crippen molar-refractivity contribution in [3.8, 4) is 5.69 Å². The minimum atomic E-state index is -0.293. The van der Waals surface area contributed by atoms with Crippen LogP contribution < -0.4 is 11.3 Å². The van der Waals surface area contributed by atoms with Crippen LogP contribution in [0.3, 0.4) is 0 Å². The van der Waals surface area contributed by atoms with Gasteiger partial charge in [0.25, 0.3) is 5.91 Å². The van der Waals surface area contributed by atoms with Gasteiger partial charge in [-0.05, 0) is 44.5 Å². The number of rotatable bonds is 2. The number of hydrogen-bond acceptors (Lipinski definition) is 2. The first kappa shape index (κ1) is 13.6. The van der Waals surface area contributed by atoms with E-state index in [0.717, 1.165) is 22.6 Å². The molecule has 4 nitrogen and oxygen atoms in total. The van der Waals surface area contributed by atoms with Crippen molar-refractivity contribution in [3.05, 3.63) is 51.8 Å². The van der Waals surface area contributed by atoms with Crippen LogP contribution in [0.1, 0.15) is 27.3 Å². The van der Waals surface area contributed by atoms with Gasteiger partial charge in [0.05, 0.1) is 5.56 Å². The van der Waals surface area contributed by atoms with Crippen molar-refractivity contribution < 1.29 is 4.79 Å². The van der Waals surface area contributed by atoms with E-state index < -0.39 is 0 Å². The summed E-state index contributed by atoms with van der Waals surface area (Å²) in [6.45, 7) is 5.84. The van der Waals surface area contributed by atoms with Crippen LogP contribution in [0.2, 0.25) is 5.02 Å². The molecule has 3 N–H and O–H groups in total. The average molecular weight is 278 g/mol. The maximum atomic E-state index is 11.7. The van der Waals surface area contributed by atoms with Gasteiger partial charge in [0, 0.05) is 22.1 Å². The van der Waals surface area contributed by atoms with Gasteiger partial charge in [0.1, 0.15) is 0 Å². The summed E-state index contributed by atoms with van der Waals surface area (Å²) >= 11 is 6.06. The largest absolute Gasteiger partial charge is 0.317 e. The zero-order chi connectivity index (χ0) is 14.2. The van der Waals surface area contributed by atoms with E-state index >= 15 is 0 Å². The van der Waals surface area contributed by atoms with Crippen molar-refractivity contribution in [1.29, 1.82) is 0 Å². The lowest BCUT2D eigenvalue weighted by Crippen LogP contribution is -2.30. The molecule has 0 unspecified atom stereocenters. The summed E-state index contributed by atoms with van der Waals surface area (Å²) in [5.41, 5.74) is 6.59. The Morgan fingerprint density at radius 3 is 2.58 bits per heavy atom. The average Bonchev–Trinajstić information content (AvgIpc) is 2.67. The van der Waals surface area contributed by atoms with Crippen molar-refractivity contribution in [1.82, 2.24) is 9.99 Å². The molecule has 0 aliphatic carbocycles. The number of aryl methyl sites for hydroxylation is 2. The fourth-order valence-electron chi connectivity index (χ4n) is 2.26. The number of nitrogen functional groups attached to an aromatic ring is 1. The number of hydrogen-bond donors (Lipinski definition) is 2. The predicted molar refractivity (Wildman–Crippen MR) is 76.6 cm³/mol. The summed E-state index contributed by atoms with van der Waals surface area (Å²) in [5, 5.41) is 0.665. The molecule has 1 amide bonds. The number of nitrogens with zero attached hydrogens (tertiary/aromatic N) is 1. The van der Waals surface area contributed by atoms with Gasteiger partial charge in [-0.25, -0.2) is 5.84 Å². The van der Waals surface area contributed by atoms with Crippen molar-refractivity contribution in [3.63, 3.8) is 0 Å². The van der Waals surface area contributed by atoms with E-state index in [1.165, 1.54) is 0 Å². The molecule has 0 aliphatic rings. The molecule has 19 heavy (non-hydrogen) atoms. The Balaban J connectivity index is 2.66. The maximum Gasteiger partial charge on any atom is 0.267 e. The Hall–Kier alpha value is -1.78. The third kappa shape index (κ3) is 2.37. The Morgan fingerprint density at radius 1 is 1.26 bits per heavy atom. The minimum Gasteiger partial charge on any atom is -0.317 e. The lowest BCUT2D eigenvalue weighted by atomic mass is 10.2.